The average Bonchev–Trinajstić information content (AvgIpc) is 3.36. The van der Waals surface area contributed by atoms with Crippen molar-refractivity contribution in [1.29, 1.82) is 0 Å². The molecule has 2 atom stereocenters. The standard InChI is InChI=1S/C26H28F4N6O4/c1-39-19-5-4-15(27)7-17(19)25(38)33-8-14-3-2-13(6-18(14)28)22-21(24(32)37)23(31)36(34-22)20-9-35(12-26(20,29)30)16-10-40-11-16/h3-7,13,16,20H,2,8-12,31H2,1H3,(H2,32,37)(H,33,38). The number of amides is 2. The lowest BCUT2D eigenvalue weighted by Crippen LogP contribution is -2.48. The van der Waals surface area contributed by atoms with Gasteiger partial charge in [0.2, 0.25) is 0 Å². The Morgan fingerprint density at radius 1 is 1.27 bits per heavy atom. The topological polar surface area (TPSA) is 138 Å². The summed E-state index contributed by atoms with van der Waals surface area (Å²) >= 11 is 0. The number of benzene rings is 1. The summed E-state index contributed by atoms with van der Waals surface area (Å²) in [5, 5.41) is 6.79. The molecule has 0 radical (unpaired) electrons. The molecule has 5 rings (SSSR count). The number of hydrogen-bond donors (Lipinski definition) is 3. The van der Waals surface area contributed by atoms with Gasteiger partial charge in [0.25, 0.3) is 17.7 Å². The molecular formula is C26H28F4N6O4. The predicted octanol–water partition coefficient (Wildman–Crippen LogP) is 2.30. The first-order valence-electron chi connectivity index (χ1n) is 12.6. The molecule has 2 unspecified atom stereocenters. The van der Waals surface area contributed by atoms with Crippen LogP contribution >= 0.6 is 0 Å². The lowest BCUT2D eigenvalue weighted by molar-refractivity contribution is -0.0728. The third kappa shape index (κ3) is 5.04. The van der Waals surface area contributed by atoms with Gasteiger partial charge in [-0.1, -0.05) is 6.08 Å². The normalized spacial score (nSPS) is 22.8. The number of alkyl halides is 2. The maximum atomic E-state index is 15.1. The molecular weight excluding hydrogens is 536 g/mol. The highest BCUT2D eigenvalue weighted by Gasteiger charge is 2.53. The van der Waals surface area contributed by atoms with Crippen LogP contribution in [-0.4, -0.2) is 78.4 Å². The van der Waals surface area contributed by atoms with Crippen molar-refractivity contribution in [2.75, 3.05) is 45.7 Å². The predicted molar refractivity (Wildman–Crippen MR) is 135 cm³/mol. The van der Waals surface area contributed by atoms with E-state index in [1.54, 1.807) is 4.90 Å². The van der Waals surface area contributed by atoms with Crippen LogP contribution in [0.3, 0.4) is 0 Å². The van der Waals surface area contributed by atoms with Crippen LogP contribution in [0.4, 0.5) is 23.4 Å². The monoisotopic (exact) mass is 564 g/mol. The number of methoxy groups -OCH3 is 1. The van der Waals surface area contributed by atoms with E-state index < -0.39 is 47.9 Å². The van der Waals surface area contributed by atoms with Gasteiger partial charge < -0.3 is 26.3 Å². The number of rotatable bonds is 8. The molecule has 2 saturated heterocycles. The van der Waals surface area contributed by atoms with Crippen LogP contribution in [0.15, 0.2) is 41.8 Å². The number of nitrogens with zero attached hydrogens (tertiary/aromatic N) is 3. The van der Waals surface area contributed by atoms with Gasteiger partial charge in [-0.15, -0.1) is 0 Å². The lowest BCUT2D eigenvalue weighted by Gasteiger charge is -2.34. The van der Waals surface area contributed by atoms with Crippen molar-refractivity contribution < 1.29 is 36.6 Å². The van der Waals surface area contributed by atoms with Gasteiger partial charge in [-0.3, -0.25) is 14.5 Å². The number of primary amides is 1. The SMILES string of the molecule is COc1ccc(F)cc1C(=O)NCC1=CCC(c2nn(C3CN(C4COC4)CC3(F)F)c(N)c2C(N)=O)C=C1F. The number of hydrogen-bond acceptors (Lipinski definition) is 7. The van der Waals surface area contributed by atoms with Crippen LogP contribution in [0.5, 0.6) is 5.75 Å². The Balaban J connectivity index is 1.34. The summed E-state index contributed by atoms with van der Waals surface area (Å²) < 4.78 is 69.9. The van der Waals surface area contributed by atoms with Gasteiger partial charge in [0, 0.05) is 24.6 Å². The summed E-state index contributed by atoms with van der Waals surface area (Å²) in [6, 6.07) is 1.87. The fraction of sp³-hybridized carbons (Fsp3) is 0.423. The minimum absolute atomic E-state index is 0.00906. The summed E-state index contributed by atoms with van der Waals surface area (Å²) in [4.78, 5) is 26.5. The summed E-state index contributed by atoms with van der Waals surface area (Å²) in [7, 11) is 1.33. The maximum Gasteiger partial charge on any atom is 0.283 e. The van der Waals surface area contributed by atoms with E-state index in [0.29, 0.717) is 13.2 Å². The molecule has 5 N–H and O–H groups in total. The van der Waals surface area contributed by atoms with Gasteiger partial charge in [0.1, 0.15) is 34.8 Å². The highest BCUT2D eigenvalue weighted by molar-refractivity contribution is 5.99. The Morgan fingerprint density at radius 2 is 2.02 bits per heavy atom. The molecule has 1 aliphatic carbocycles. The highest BCUT2D eigenvalue weighted by atomic mass is 19.3. The van der Waals surface area contributed by atoms with Gasteiger partial charge in [0.05, 0.1) is 44.2 Å². The number of nitrogen functional groups attached to an aromatic ring is 1. The van der Waals surface area contributed by atoms with E-state index in [4.69, 9.17) is 20.9 Å². The van der Waals surface area contributed by atoms with E-state index in [9.17, 15) is 14.0 Å². The van der Waals surface area contributed by atoms with Crippen molar-refractivity contribution in [3.8, 4) is 5.75 Å². The Morgan fingerprint density at radius 3 is 2.65 bits per heavy atom. The van der Waals surface area contributed by atoms with Crippen LogP contribution in [0.2, 0.25) is 0 Å². The fourth-order valence-electron chi connectivity index (χ4n) is 5.17. The van der Waals surface area contributed by atoms with Crippen molar-refractivity contribution >= 4 is 17.6 Å². The van der Waals surface area contributed by atoms with Gasteiger partial charge in [-0.25, -0.2) is 22.2 Å². The summed E-state index contributed by atoms with van der Waals surface area (Å²) in [5.41, 5.74) is 11.5. The van der Waals surface area contributed by atoms with Crippen molar-refractivity contribution in [3.05, 3.63) is 64.4 Å². The molecule has 2 amide bonds. The number of ether oxygens (including phenoxy) is 2. The Bertz CT molecular complexity index is 1400. The zero-order chi connectivity index (χ0) is 28.8. The number of likely N-dealkylation sites (tertiary alicyclic amines) is 1. The second-order valence-electron chi connectivity index (χ2n) is 9.97. The Kier molecular flexibility index (Phi) is 7.31. The summed E-state index contributed by atoms with van der Waals surface area (Å²) in [6.45, 7) is -0.0803. The largest absolute Gasteiger partial charge is 0.496 e. The van der Waals surface area contributed by atoms with Gasteiger partial charge in [-0.05, 0) is 30.7 Å². The third-order valence-electron chi connectivity index (χ3n) is 7.43. The van der Waals surface area contributed by atoms with Crippen molar-refractivity contribution in [1.82, 2.24) is 20.0 Å². The van der Waals surface area contributed by atoms with E-state index in [1.807, 2.05) is 0 Å². The zero-order valence-electron chi connectivity index (χ0n) is 21.5. The average molecular weight is 565 g/mol. The van der Waals surface area contributed by atoms with Crippen molar-refractivity contribution in [2.24, 2.45) is 5.73 Å². The molecule has 0 spiro atoms. The van der Waals surface area contributed by atoms with E-state index >= 15 is 13.2 Å². The molecule has 0 saturated carbocycles. The number of nitrogens with one attached hydrogen (secondary N) is 1. The van der Waals surface area contributed by atoms with Gasteiger partial charge in [0.15, 0.2) is 0 Å². The summed E-state index contributed by atoms with van der Waals surface area (Å²) in [5.74, 6) is -7.16. The lowest BCUT2D eigenvalue weighted by atomic mass is 9.91. The minimum atomic E-state index is -3.19. The first-order chi connectivity index (χ1) is 19.0. The van der Waals surface area contributed by atoms with Crippen LogP contribution in [0.1, 0.15) is 44.8 Å². The Labute approximate surface area is 226 Å². The van der Waals surface area contributed by atoms with Crippen LogP contribution in [0.25, 0.3) is 0 Å². The van der Waals surface area contributed by atoms with Crippen LogP contribution in [-0.2, 0) is 4.74 Å². The molecule has 2 fully saturated rings. The van der Waals surface area contributed by atoms with Crippen molar-refractivity contribution in [3.63, 3.8) is 0 Å². The number of allylic oxidation sites excluding steroid dienone is 2. The fourth-order valence-corrected chi connectivity index (χ4v) is 5.17. The van der Waals surface area contributed by atoms with Crippen LogP contribution in [0, 0.1) is 5.82 Å². The highest BCUT2D eigenvalue weighted by Crippen LogP contribution is 2.42. The smallest absolute Gasteiger partial charge is 0.283 e. The number of anilines is 1. The first-order valence-corrected chi connectivity index (χ1v) is 12.6. The van der Waals surface area contributed by atoms with E-state index in [0.717, 1.165) is 16.8 Å². The quantitative estimate of drug-likeness (QED) is 0.419. The molecule has 1 aromatic heterocycles. The second-order valence-corrected chi connectivity index (χ2v) is 9.97. The van der Waals surface area contributed by atoms with E-state index in [2.05, 4.69) is 10.4 Å². The van der Waals surface area contributed by atoms with E-state index in [-0.39, 0.29) is 59.5 Å². The van der Waals surface area contributed by atoms with Gasteiger partial charge in [-0.2, -0.15) is 5.10 Å². The number of carbonyl (C=O) groups is 2. The first kappa shape index (κ1) is 27.6. The number of nitrogens with two attached hydrogens (primary N) is 2. The molecule has 2 aromatic rings. The number of halogens is 4. The molecule has 0 bridgehead atoms. The molecule has 10 nitrogen and oxygen atoms in total. The molecule has 1 aromatic carbocycles. The van der Waals surface area contributed by atoms with Crippen LogP contribution < -0.4 is 21.5 Å². The number of aromatic nitrogens is 2. The molecule has 2 aliphatic heterocycles. The molecule has 40 heavy (non-hydrogen) atoms. The second kappa shape index (κ2) is 10.6. The Hall–Kier alpha value is -3.91. The molecule has 3 aliphatic rings. The maximum absolute atomic E-state index is 15.1. The summed E-state index contributed by atoms with van der Waals surface area (Å²) in [6.07, 6.45) is 2.80. The molecule has 14 heteroatoms. The van der Waals surface area contributed by atoms with E-state index in [1.165, 1.54) is 25.3 Å². The van der Waals surface area contributed by atoms with Crippen molar-refractivity contribution in [2.45, 2.75) is 30.3 Å². The zero-order valence-corrected chi connectivity index (χ0v) is 21.5. The minimum Gasteiger partial charge on any atom is -0.496 e. The third-order valence-corrected chi connectivity index (χ3v) is 7.43. The number of carbonyl (C=O) groups excluding carboxylic acids is 2. The van der Waals surface area contributed by atoms with Gasteiger partial charge >= 0.3 is 0 Å². The molecule has 3 heterocycles. The molecule has 214 valence electrons.